The van der Waals surface area contributed by atoms with Crippen molar-refractivity contribution in [2.75, 3.05) is 18.1 Å². The molecule has 2 N–H and O–H groups in total. The molecule has 66 valence electrons. The van der Waals surface area contributed by atoms with Crippen LogP contribution >= 0.6 is 11.8 Å². The highest BCUT2D eigenvalue weighted by atomic mass is 32.2. The van der Waals surface area contributed by atoms with E-state index in [1.54, 1.807) is 0 Å². The van der Waals surface area contributed by atoms with E-state index in [0.717, 1.165) is 18.6 Å². The van der Waals surface area contributed by atoms with Gasteiger partial charge in [-0.3, -0.25) is 0 Å². The molecule has 0 spiro atoms. The third-order valence-corrected chi connectivity index (χ3v) is 3.20. The molecular formula is C7H14FNOS. The van der Waals surface area contributed by atoms with E-state index < -0.39 is 6.17 Å². The van der Waals surface area contributed by atoms with Gasteiger partial charge in [0.25, 0.3) is 0 Å². The predicted octanol–water partition coefficient (Wildman–Crippen LogP) is 1.36. The predicted molar refractivity (Wildman–Crippen MR) is 45.1 cm³/mol. The Bertz CT molecular complexity index is 109. The number of hydrogen-bond acceptors (Lipinski definition) is 3. The van der Waals surface area contributed by atoms with E-state index in [4.69, 9.17) is 5.90 Å². The number of halogens is 1. The second-order valence-corrected chi connectivity index (χ2v) is 3.98. The lowest BCUT2D eigenvalue weighted by Crippen LogP contribution is -2.27. The molecule has 1 aliphatic rings. The maximum absolute atomic E-state index is 13.1. The summed E-state index contributed by atoms with van der Waals surface area (Å²) in [5, 5.41) is 0. The molecule has 2 unspecified atom stereocenters. The molecule has 0 amide bonds. The van der Waals surface area contributed by atoms with Crippen LogP contribution in [-0.2, 0) is 4.84 Å². The molecule has 11 heavy (non-hydrogen) atoms. The summed E-state index contributed by atoms with van der Waals surface area (Å²) in [5.41, 5.74) is 0. The minimum Gasteiger partial charge on any atom is -0.302 e. The molecular weight excluding hydrogens is 165 g/mol. The number of rotatable bonds is 3. The van der Waals surface area contributed by atoms with E-state index >= 15 is 0 Å². The van der Waals surface area contributed by atoms with Crippen LogP contribution in [0.3, 0.4) is 0 Å². The molecule has 1 heterocycles. The first-order valence-corrected chi connectivity index (χ1v) is 5.03. The summed E-state index contributed by atoms with van der Waals surface area (Å²) in [6.07, 6.45) is 1.24. The fourth-order valence-corrected chi connectivity index (χ4v) is 2.49. The van der Waals surface area contributed by atoms with Crippen LogP contribution in [0, 0.1) is 5.92 Å². The van der Waals surface area contributed by atoms with Crippen molar-refractivity contribution in [3.63, 3.8) is 0 Å². The highest BCUT2D eigenvalue weighted by Gasteiger charge is 2.23. The zero-order valence-corrected chi connectivity index (χ0v) is 7.28. The molecule has 1 rings (SSSR count). The molecule has 0 aliphatic carbocycles. The highest BCUT2D eigenvalue weighted by molar-refractivity contribution is 7.99. The first-order chi connectivity index (χ1) is 5.34. The molecule has 2 atom stereocenters. The van der Waals surface area contributed by atoms with Crippen molar-refractivity contribution in [1.82, 2.24) is 0 Å². The summed E-state index contributed by atoms with van der Waals surface area (Å²) in [6, 6.07) is 0. The number of hydrogen-bond donors (Lipinski definition) is 1. The molecule has 0 aromatic rings. The third kappa shape index (κ3) is 2.97. The third-order valence-electron chi connectivity index (χ3n) is 1.96. The van der Waals surface area contributed by atoms with Crippen LogP contribution in [0.25, 0.3) is 0 Å². The highest BCUT2D eigenvalue weighted by Crippen LogP contribution is 2.26. The van der Waals surface area contributed by atoms with E-state index in [0.29, 0.717) is 0 Å². The topological polar surface area (TPSA) is 35.2 Å². The van der Waals surface area contributed by atoms with E-state index in [-0.39, 0.29) is 12.5 Å². The summed E-state index contributed by atoms with van der Waals surface area (Å²) < 4.78 is 13.1. The molecule has 0 bridgehead atoms. The second-order valence-electron chi connectivity index (χ2n) is 2.83. The summed E-state index contributed by atoms with van der Waals surface area (Å²) in [7, 11) is 0. The Kier molecular flexibility index (Phi) is 4.18. The van der Waals surface area contributed by atoms with Crippen LogP contribution in [0.2, 0.25) is 0 Å². The van der Waals surface area contributed by atoms with Crippen LogP contribution in [0.1, 0.15) is 12.8 Å². The minimum absolute atomic E-state index is 0.0469. The molecule has 1 aliphatic heterocycles. The lowest BCUT2D eigenvalue weighted by molar-refractivity contribution is 0.0568. The largest absolute Gasteiger partial charge is 0.302 e. The first-order valence-electron chi connectivity index (χ1n) is 3.88. The molecule has 0 saturated carbocycles. The van der Waals surface area contributed by atoms with Gasteiger partial charge in [0.2, 0.25) is 0 Å². The van der Waals surface area contributed by atoms with Crippen molar-refractivity contribution >= 4 is 11.8 Å². The van der Waals surface area contributed by atoms with Gasteiger partial charge in [-0.15, -0.1) is 0 Å². The summed E-state index contributed by atoms with van der Waals surface area (Å²) in [4.78, 5) is 4.27. The molecule has 1 fully saturated rings. The van der Waals surface area contributed by atoms with Gasteiger partial charge in [0.15, 0.2) is 0 Å². The van der Waals surface area contributed by atoms with Crippen LogP contribution in [0.5, 0.6) is 0 Å². The van der Waals surface area contributed by atoms with E-state index in [2.05, 4.69) is 4.84 Å². The van der Waals surface area contributed by atoms with Gasteiger partial charge < -0.3 is 4.84 Å². The van der Waals surface area contributed by atoms with Gasteiger partial charge in [-0.25, -0.2) is 10.3 Å². The fraction of sp³-hybridized carbons (Fsp3) is 1.00. The SMILES string of the molecule is NOCC(F)C1CCCSC1. The molecule has 2 nitrogen and oxygen atoms in total. The van der Waals surface area contributed by atoms with Crippen molar-refractivity contribution < 1.29 is 9.23 Å². The summed E-state index contributed by atoms with van der Waals surface area (Å²) in [5.74, 6) is 7.05. The van der Waals surface area contributed by atoms with E-state index in [1.807, 2.05) is 11.8 Å². The van der Waals surface area contributed by atoms with Crippen molar-refractivity contribution in [3.8, 4) is 0 Å². The zero-order valence-electron chi connectivity index (χ0n) is 6.46. The van der Waals surface area contributed by atoms with Gasteiger partial charge in [-0.05, 0) is 24.3 Å². The summed E-state index contributed by atoms with van der Waals surface area (Å²) >= 11 is 1.82. The minimum atomic E-state index is -0.868. The van der Waals surface area contributed by atoms with Crippen LogP contribution in [-0.4, -0.2) is 24.3 Å². The molecule has 0 radical (unpaired) electrons. The Morgan fingerprint density at radius 2 is 2.55 bits per heavy atom. The van der Waals surface area contributed by atoms with Gasteiger partial charge in [0.1, 0.15) is 6.17 Å². The quantitative estimate of drug-likeness (QED) is 0.664. The Morgan fingerprint density at radius 3 is 3.09 bits per heavy atom. The van der Waals surface area contributed by atoms with Gasteiger partial charge in [-0.2, -0.15) is 11.8 Å². The number of nitrogens with two attached hydrogens (primary N) is 1. The molecule has 4 heteroatoms. The van der Waals surface area contributed by atoms with Gasteiger partial charge >= 0.3 is 0 Å². The van der Waals surface area contributed by atoms with E-state index in [9.17, 15) is 4.39 Å². The fourth-order valence-electron chi connectivity index (χ4n) is 1.28. The zero-order chi connectivity index (χ0) is 8.10. The first kappa shape index (κ1) is 9.29. The normalized spacial score (nSPS) is 28.4. The lowest BCUT2D eigenvalue weighted by atomic mass is 10.0. The molecule has 0 aromatic heterocycles. The summed E-state index contributed by atoms with van der Waals surface area (Å²) in [6.45, 7) is 0.0469. The van der Waals surface area contributed by atoms with E-state index in [1.165, 1.54) is 5.75 Å². The maximum Gasteiger partial charge on any atom is 0.129 e. The molecule has 0 aromatic carbocycles. The van der Waals surface area contributed by atoms with Crippen molar-refractivity contribution in [1.29, 1.82) is 0 Å². The van der Waals surface area contributed by atoms with Gasteiger partial charge in [0, 0.05) is 5.92 Å². The Hall–Kier alpha value is 0.200. The Labute approximate surface area is 70.6 Å². The van der Waals surface area contributed by atoms with Crippen molar-refractivity contribution in [2.24, 2.45) is 11.8 Å². The van der Waals surface area contributed by atoms with Crippen LogP contribution < -0.4 is 5.90 Å². The van der Waals surface area contributed by atoms with Crippen LogP contribution in [0.15, 0.2) is 0 Å². The standard InChI is InChI=1S/C7H14FNOS/c8-7(4-10-9)6-2-1-3-11-5-6/h6-7H,1-5,9H2. The monoisotopic (exact) mass is 179 g/mol. The van der Waals surface area contributed by atoms with Gasteiger partial charge in [-0.1, -0.05) is 0 Å². The van der Waals surface area contributed by atoms with Crippen molar-refractivity contribution in [2.45, 2.75) is 19.0 Å². The lowest BCUT2D eigenvalue weighted by Gasteiger charge is -2.23. The molecule has 1 saturated heterocycles. The van der Waals surface area contributed by atoms with Gasteiger partial charge in [0.05, 0.1) is 6.61 Å². The van der Waals surface area contributed by atoms with Crippen molar-refractivity contribution in [3.05, 3.63) is 0 Å². The maximum atomic E-state index is 13.1. The average molecular weight is 179 g/mol. The second kappa shape index (κ2) is 4.95. The Morgan fingerprint density at radius 1 is 1.73 bits per heavy atom. The average Bonchev–Trinajstić information content (AvgIpc) is 2.07. The smallest absolute Gasteiger partial charge is 0.129 e. The number of thioether (sulfide) groups is 1. The van der Waals surface area contributed by atoms with Crippen LogP contribution in [0.4, 0.5) is 4.39 Å². The Balaban J connectivity index is 2.21. The number of alkyl halides is 1.